The summed E-state index contributed by atoms with van der Waals surface area (Å²) in [4.78, 5) is 2.12. The van der Waals surface area contributed by atoms with Gasteiger partial charge >= 0.3 is 0 Å². The highest BCUT2D eigenvalue weighted by Gasteiger charge is 2.08. The Morgan fingerprint density at radius 2 is 2.00 bits per heavy atom. The molecule has 2 heteroatoms. The zero-order valence-corrected chi connectivity index (χ0v) is 8.87. The Bertz CT molecular complexity index is 500. The molecule has 0 N–H and O–H groups in total. The number of halogens is 1. The maximum absolute atomic E-state index is 7.89. The third-order valence-electron chi connectivity index (χ3n) is 2.23. The molecule has 1 aromatic rings. The Balaban J connectivity index is 0.00000180. The second-order valence-electron chi connectivity index (χ2n) is 3.24. The molecule has 0 unspecified atom stereocenters. The number of hydrogen-bond donors (Lipinski definition) is 0. The maximum Gasteiger partial charge on any atom is 0.0629 e. The highest BCUT2D eigenvalue weighted by molar-refractivity contribution is 5.85. The lowest BCUT2D eigenvalue weighted by atomic mass is 10.00. The van der Waals surface area contributed by atoms with Crippen molar-refractivity contribution in [3.63, 3.8) is 0 Å². The quantitative estimate of drug-likeness (QED) is 0.695. The van der Waals surface area contributed by atoms with Gasteiger partial charge in [0.05, 0.1) is 6.85 Å². The van der Waals surface area contributed by atoms with E-state index < -0.39 is 0 Å². The number of nitrogens with zero attached hydrogens (tertiary/aromatic N) is 1. The standard InChI is InChI=1S/C12H15N.ClH/c1-13-9-7-12(8-10-13)11-5-3-2-4-6-11;/h2-7H,8-10H2,1H3;1H/i2D,3D,4D,5D,6D;. The molecule has 0 amide bonds. The zero-order chi connectivity index (χ0) is 13.4. The summed E-state index contributed by atoms with van der Waals surface area (Å²) >= 11 is 0. The van der Waals surface area contributed by atoms with Crippen molar-refractivity contribution in [3.05, 3.63) is 41.9 Å². The summed E-state index contributed by atoms with van der Waals surface area (Å²) in [6.45, 7) is 1.59. The van der Waals surface area contributed by atoms with Crippen LogP contribution in [0, 0.1) is 0 Å². The minimum Gasteiger partial charge on any atom is -0.302 e. The van der Waals surface area contributed by atoms with Gasteiger partial charge in [-0.25, -0.2) is 0 Å². The van der Waals surface area contributed by atoms with Crippen molar-refractivity contribution in [2.24, 2.45) is 0 Å². The van der Waals surface area contributed by atoms with Crippen molar-refractivity contribution in [3.8, 4) is 0 Å². The number of likely N-dealkylation sites (N-methyl/N-ethyl adjacent to an activating group) is 1. The maximum atomic E-state index is 7.89. The number of rotatable bonds is 1. The van der Waals surface area contributed by atoms with Crippen molar-refractivity contribution < 1.29 is 6.85 Å². The van der Waals surface area contributed by atoms with Gasteiger partial charge in [-0.15, -0.1) is 12.4 Å². The van der Waals surface area contributed by atoms with E-state index >= 15 is 0 Å². The highest BCUT2D eigenvalue weighted by Crippen LogP contribution is 2.20. The van der Waals surface area contributed by atoms with E-state index in [0.717, 1.165) is 18.7 Å². The van der Waals surface area contributed by atoms with E-state index in [9.17, 15) is 0 Å². The summed E-state index contributed by atoms with van der Waals surface area (Å²) in [5.41, 5.74) is 1.21. The normalized spacial score (nSPS) is 22.1. The van der Waals surface area contributed by atoms with Crippen LogP contribution in [0.1, 0.15) is 18.8 Å². The van der Waals surface area contributed by atoms with Gasteiger partial charge in [0.25, 0.3) is 0 Å². The first-order valence-corrected chi connectivity index (χ1v) is 4.38. The molecule has 2 rings (SSSR count). The third kappa shape index (κ3) is 2.60. The number of hydrogen-bond acceptors (Lipinski definition) is 1. The Labute approximate surface area is 98.9 Å². The van der Waals surface area contributed by atoms with Crippen LogP contribution in [0.5, 0.6) is 0 Å². The predicted octanol–water partition coefficient (Wildman–Crippen LogP) is 2.83. The zero-order valence-electron chi connectivity index (χ0n) is 13.1. The molecule has 1 aromatic carbocycles. The molecule has 0 radical (unpaired) electrons. The number of benzene rings is 1. The molecule has 0 saturated heterocycles. The van der Waals surface area contributed by atoms with Gasteiger partial charge in [-0.3, -0.25) is 0 Å². The van der Waals surface area contributed by atoms with E-state index in [1.165, 1.54) is 0 Å². The summed E-state index contributed by atoms with van der Waals surface area (Å²) in [5.74, 6) is 0. The van der Waals surface area contributed by atoms with Crippen molar-refractivity contribution in [1.82, 2.24) is 4.90 Å². The molecule has 0 saturated carbocycles. The lowest BCUT2D eigenvalue weighted by Crippen LogP contribution is -2.23. The van der Waals surface area contributed by atoms with Crippen molar-refractivity contribution in [2.45, 2.75) is 6.42 Å². The van der Waals surface area contributed by atoms with Crippen LogP contribution < -0.4 is 0 Å². The molecular formula is C12H16ClN. The average molecular weight is 215 g/mol. The highest BCUT2D eigenvalue weighted by atomic mass is 35.5. The monoisotopic (exact) mass is 214 g/mol. The summed E-state index contributed by atoms with van der Waals surface area (Å²) < 4.78 is 38.6. The molecule has 0 bridgehead atoms. The van der Waals surface area contributed by atoms with Gasteiger partial charge in [0.15, 0.2) is 0 Å². The van der Waals surface area contributed by atoms with E-state index in [0.29, 0.717) is 12.0 Å². The molecule has 1 heterocycles. The average Bonchev–Trinajstić information content (AvgIpc) is 2.36. The van der Waals surface area contributed by atoms with Gasteiger partial charge in [-0.05, 0) is 24.6 Å². The molecule has 1 aliphatic heterocycles. The predicted molar refractivity (Wildman–Crippen MR) is 63.8 cm³/mol. The molecule has 0 spiro atoms. The topological polar surface area (TPSA) is 3.24 Å². The molecule has 76 valence electrons. The molecule has 1 nitrogen and oxygen atoms in total. The minimum absolute atomic E-state index is 0. The van der Waals surface area contributed by atoms with Gasteiger partial charge in [0.2, 0.25) is 0 Å². The fraction of sp³-hybridized carbons (Fsp3) is 0.333. The van der Waals surface area contributed by atoms with Crippen LogP contribution in [-0.4, -0.2) is 25.0 Å². The van der Waals surface area contributed by atoms with Gasteiger partial charge in [-0.1, -0.05) is 36.3 Å². The second kappa shape index (κ2) is 5.18. The van der Waals surface area contributed by atoms with E-state index in [4.69, 9.17) is 6.85 Å². The van der Waals surface area contributed by atoms with Crippen LogP contribution >= 0.6 is 12.4 Å². The van der Waals surface area contributed by atoms with Crippen molar-refractivity contribution in [2.75, 3.05) is 20.1 Å². The van der Waals surface area contributed by atoms with Gasteiger partial charge in [0, 0.05) is 13.1 Å². The lowest BCUT2D eigenvalue weighted by molar-refractivity contribution is 0.370. The van der Waals surface area contributed by atoms with Gasteiger partial charge in [0.1, 0.15) is 0 Å². The fourth-order valence-electron chi connectivity index (χ4n) is 1.41. The molecule has 0 atom stereocenters. The van der Waals surface area contributed by atoms with Gasteiger partial charge < -0.3 is 4.90 Å². The molecule has 0 aliphatic carbocycles. The SMILES string of the molecule is Cl.[2H]c1c([2H])c([2H])c(C2=CCN(C)CC2)c([2H])c1[2H]. The largest absolute Gasteiger partial charge is 0.302 e. The first kappa shape index (κ1) is 5.94. The van der Waals surface area contributed by atoms with Gasteiger partial charge in [-0.2, -0.15) is 0 Å². The molecule has 0 fully saturated rings. The fourth-order valence-corrected chi connectivity index (χ4v) is 1.41. The molecule has 1 aliphatic rings. The first-order chi connectivity index (χ1) is 8.43. The van der Waals surface area contributed by atoms with E-state index in [2.05, 4.69) is 4.90 Å². The van der Waals surface area contributed by atoms with Crippen LogP contribution in [0.2, 0.25) is 0 Å². The van der Waals surface area contributed by atoms with Crippen LogP contribution in [0.3, 0.4) is 0 Å². The minimum atomic E-state index is -0.331. The van der Waals surface area contributed by atoms with E-state index in [1.807, 2.05) is 13.1 Å². The van der Waals surface area contributed by atoms with E-state index in [-0.39, 0.29) is 42.6 Å². The summed E-state index contributed by atoms with van der Waals surface area (Å²) in [7, 11) is 2.00. The van der Waals surface area contributed by atoms with Crippen LogP contribution in [0.25, 0.3) is 5.57 Å². The lowest BCUT2D eigenvalue weighted by Gasteiger charge is -2.21. The second-order valence-corrected chi connectivity index (χ2v) is 3.24. The Hall–Kier alpha value is -0.790. The van der Waals surface area contributed by atoms with Crippen LogP contribution in [0.4, 0.5) is 0 Å². The van der Waals surface area contributed by atoms with Crippen molar-refractivity contribution in [1.29, 1.82) is 0 Å². The first-order valence-electron chi connectivity index (χ1n) is 6.88. The molecular weight excluding hydrogens is 194 g/mol. The van der Waals surface area contributed by atoms with Crippen LogP contribution in [0.15, 0.2) is 36.3 Å². The molecule has 0 aromatic heterocycles. The summed E-state index contributed by atoms with van der Waals surface area (Å²) in [6, 6.07) is -1.05. The third-order valence-corrected chi connectivity index (χ3v) is 2.23. The molecule has 14 heavy (non-hydrogen) atoms. The Morgan fingerprint density at radius 3 is 2.57 bits per heavy atom. The Morgan fingerprint density at radius 1 is 1.29 bits per heavy atom. The Kier molecular flexibility index (Phi) is 2.20. The summed E-state index contributed by atoms with van der Waals surface area (Å²) in [5, 5.41) is 0. The van der Waals surface area contributed by atoms with Crippen molar-refractivity contribution >= 4 is 18.0 Å². The summed E-state index contributed by atoms with van der Waals surface area (Å²) in [6.07, 6.45) is 2.65. The smallest absolute Gasteiger partial charge is 0.0629 e. The van der Waals surface area contributed by atoms with Crippen LogP contribution in [-0.2, 0) is 0 Å². The van der Waals surface area contributed by atoms with E-state index in [1.54, 1.807) is 0 Å².